The highest BCUT2D eigenvalue weighted by Gasteiger charge is 2.12. The molecule has 4 heteroatoms. The number of hydrogen-bond donors (Lipinski definition) is 2. The van der Waals surface area contributed by atoms with Gasteiger partial charge in [0.15, 0.2) is 0 Å². The van der Waals surface area contributed by atoms with Gasteiger partial charge in [0, 0.05) is 5.02 Å². The van der Waals surface area contributed by atoms with Crippen LogP contribution in [0.2, 0.25) is 5.02 Å². The molecule has 0 radical (unpaired) electrons. The van der Waals surface area contributed by atoms with Gasteiger partial charge in [-0.3, -0.25) is 5.41 Å². The van der Waals surface area contributed by atoms with E-state index < -0.39 is 0 Å². The Bertz CT molecular complexity index is 404. The summed E-state index contributed by atoms with van der Waals surface area (Å²) in [5, 5.41) is 8.05. The molecule has 1 aromatic carbocycles. The molecule has 0 saturated heterocycles. The van der Waals surface area contributed by atoms with E-state index in [-0.39, 0.29) is 11.9 Å². The molecule has 0 saturated carbocycles. The van der Waals surface area contributed by atoms with Gasteiger partial charge in [-0.05, 0) is 37.5 Å². The summed E-state index contributed by atoms with van der Waals surface area (Å²) in [7, 11) is 0. The zero-order valence-electron chi connectivity index (χ0n) is 10.5. The van der Waals surface area contributed by atoms with Crippen molar-refractivity contribution in [1.29, 1.82) is 5.41 Å². The standard InChI is InChI=1S/C13H19ClN2O/c1-8(2)6-9(3)17-12-5-4-10(14)7-11(12)13(15)16/h4-5,7-9H,6H2,1-3H3,(H3,15,16). The maximum Gasteiger partial charge on any atom is 0.130 e. The predicted molar refractivity (Wildman–Crippen MR) is 72.0 cm³/mol. The molecule has 1 aromatic rings. The summed E-state index contributed by atoms with van der Waals surface area (Å²) in [6, 6.07) is 5.16. The highest BCUT2D eigenvalue weighted by molar-refractivity contribution is 6.31. The minimum atomic E-state index is -0.0285. The van der Waals surface area contributed by atoms with E-state index in [0.717, 1.165) is 6.42 Å². The molecule has 3 nitrogen and oxygen atoms in total. The number of ether oxygens (including phenoxy) is 1. The van der Waals surface area contributed by atoms with Gasteiger partial charge in [-0.2, -0.15) is 0 Å². The number of benzene rings is 1. The van der Waals surface area contributed by atoms with E-state index in [4.69, 9.17) is 27.5 Å². The lowest BCUT2D eigenvalue weighted by Gasteiger charge is -2.18. The summed E-state index contributed by atoms with van der Waals surface area (Å²) >= 11 is 5.87. The summed E-state index contributed by atoms with van der Waals surface area (Å²) < 4.78 is 5.79. The molecular formula is C13H19ClN2O. The van der Waals surface area contributed by atoms with Gasteiger partial charge in [0.25, 0.3) is 0 Å². The molecule has 0 aromatic heterocycles. The van der Waals surface area contributed by atoms with Gasteiger partial charge in [-0.15, -0.1) is 0 Å². The molecule has 0 fully saturated rings. The SMILES string of the molecule is CC(C)CC(C)Oc1ccc(Cl)cc1C(=N)N. The summed E-state index contributed by atoms with van der Waals surface area (Å²) in [5.74, 6) is 1.16. The van der Waals surface area contributed by atoms with Crippen LogP contribution < -0.4 is 10.5 Å². The average Bonchev–Trinajstić information content (AvgIpc) is 2.19. The van der Waals surface area contributed by atoms with Crippen LogP contribution in [0, 0.1) is 11.3 Å². The van der Waals surface area contributed by atoms with E-state index in [1.807, 2.05) is 6.92 Å². The van der Waals surface area contributed by atoms with Crippen molar-refractivity contribution >= 4 is 17.4 Å². The van der Waals surface area contributed by atoms with Crippen molar-refractivity contribution in [3.05, 3.63) is 28.8 Å². The summed E-state index contributed by atoms with van der Waals surface area (Å²) in [6.45, 7) is 6.31. The van der Waals surface area contributed by atoms with E-state index in [2.05, 4.69) is 13.8 Å². The van der Waals surface area contributed by atoms with Crippen molar-refractivity contribution in [3.8, 4) is 5.75 Å². The summed E-state index contributed by atoms with van der Waals surface area (Å²) in [5.41, 5.74) is 6.05. The maximum absolute atomic E-state index is 7.50. The van der Waals surface area contributed by atoms with Crippen LogP contribution in [0.1, 0.15) is 32.8 Å². The van der Waals surface area contributed by atoms with Gasteiger partial charge in [-0.25, -0.2) is 0 Å². The fourth-order valence-electron chi connectivity index (χ4n) is 1.74. The number of hydrogen-bond acceptors (Lipinski definition) is 2. The van der Waals surface area contributed by atoms with Crippen LogP contribution in [0.15, 0.2) is 18.2 Å². The molecule has 3 N–H and O–H groups in total. The van der Waals surface area contributed by atoms with Crippen LogP contribution in [-0.2, 0) is 0 Å². The van der Waals surface area contributed by atoms with Crippen molar-refractivity contribution in [2.45, 2.75) is 33.3 Å². The molecule has 0 aliphatic heterocycles. The second-order valence-electron chi connectivity index (χ2n) is 4.61. The van der Waals surface area contributed by atoms with Gasteiger partial charge < -0.3 is 10.5 Å². The quantitative estimate of drug-likeness (QED) is 0.625. The lowest BCUT2D eigenvalue weighted by molar-refractivity contribution is 0.193. The fraction of sp³-hybridized carbons (Fsp3) is 0.462. The number of amidine groups is 1. The number of nitrogens with two attached hydrogens (primary N) is 1. The lowest BCUT2D eigenvalue weighted by Crippen LogP contribution is -2.18. The predicted octanol–water partition coefficient (Wildman–Crippen LogP) is 3.44. The van der Waals surface area contributed by atoms with Crippen LogP contribution in [0.3, 0.4) is 0 Å². The molecule has 0 aliphatic rings. The molecule has 17 heavy (non-hydrogen) atoms. The first-order valence-electron chi connectivity index (χ1n) is 5.70. The van der Waals surface area contributed by atoms with Crippen LogP contribution in [0.25, 0.3) is 0 Å². The third-order valence-corrected chi connectivity index (χ3v) is 2.60. The number of nitrogens with one attached hydrogen (secondary N) is 1. The van der Waals surface area contributed by atoms with Crippen molar-refractivity contribution in [3.63, 3.8) is 0 Å². The Kier molecular flexibility index (Phi) is 4.82. The molecule has 0 amide bonds. The second-order valence-corrected chi connectivity index (χ2v) is 5.05. The Hall–Kier alpha value is -1.22. The van der Waals surface area contributed by atoms with Gasteiger partial charge >= 0.3 is 0 Å². The molecule has 0 aliphatic carbocycles. The zero-order valence-corrected chi connectivity index (χ0v) is 11.2. The third-order valence-electron chi connectivity index (χ3n) is 2.36. The summed E-state index contributed by atoms with van der Waals surface area (Å²) in [4.78, 5) is 0. The van der Waals surface area contributed by atoms with E-state index >= 15 is 0 Å². The van der Waals surface area contributed by atoms with Crippen LogP contribution in [-0.4, -0.2) is 11.9 Å². The van der Waals surface area contributed by atoms with Crippen molar-refractivity contribution in [2.24, 2.45) is 11.7 Å². The lowest BCUT2D eigenvalue weighted by atomic mass is 10.1. The van der Waals surface area contributed by atoms with Crippen LogP contribution in [0.4, 0.5) is 0 Å². The Morgan fingerprint density at radius 1 is 1.41 bits per heavy atom. The van der Waals surface area contributed by atoms with E-state index in [1.54, 1.807) is 18.2 Å². The van der Waals surface area contributed by atoms with Crippen molar-refractivity contribution in [2.75, 3.05) is 0 Å². The third kappa shape index (κ3) is 4.27. The fourth-order valence-corrected chi connectivity index (χ4v) is 1.92. The number of halogens is 1. The molecule has 0 heterocycles. The van der Waals surface area contributed by atoms with Crippen LogP contribution >= 0.6 is 11.6 Å². The monoisotopic (exact) mass is 254 g/mol. The molecule has 1 unspecified atom stereocenters. The smallest absolute Gasteiger partial charge is 0.130 e. The topological polar surface area (TPSA) is 59.1 Å². The van der Waals surface area contributed by atoms with Gasteiger partial charge in [0.2, 0.25) is 0 Å². The minimum absolute atomic E-state index is 0.0285. The van der Waals surface area contributed by atoms with E-state index in [0.29, 0.717) is 22.3 Å². The zero-order chi connectivity index (χ0) is 13.0. The highest BCUT2D eigenvalue weighted by Crippen LogP contribution is 2.24. The molecular weight excluding hydrogens is 236 g/mol. The largest absolute Gasteiger partial charge is 0.490 e. The van der Waals surface area contributed by atoms with Crippen LogP contribution in [0.5, 0.6) is 5.75 Å². The van der Waals surface area contributed by atoms with E-state index in [9.17, 15) is 0 Å². The molecule has 1 atom stereocenters. The van der Waals surface area contributed by atoms with Crippen molar-refractivity contribution in [1.82, 2.24) is 0 Å². The first-order chi connectivity index (χ1) is 7.90. The molecule has 0 bridgehead atoms. The Balaban J connectivity index is 2.86. The first-order valence-corrected chi connectivity index (χ1v) is 6.08. The maximum atomic E-state index is 7.50. The van der Waals surface area contributed by atoms with Crippen molar-refractivity contribution < 1.29 is 4.74 Å². The van der Waals surface area contributed by atoms with E-state index in [1.165, 1.54) is 0 Å². The number of rotatable bonds is 5. The van der Waals surface area contributed by atoms with Gasteiger partial charge in [0.05, 0.1) is 11.7 Å². The normalized spacial score (nSPS) is 12.5. The summed E-state index contributed by atoms with van der Waals surface area (Å²) in [6.07, 6.45) is 1.05. The van der Waals surface area contributed by atoms with Gasteiger partial charge in [0.1, 0.15) is 11.6 Å². The Morgan fingerprint density at radius 2 is 2.06 bits per heavy atom. The molecule has 94 valence electrons. The molecule has 1 rings (SSSR count). The molecule has 0 spiro atoms. The number of nitrogen functional groups attached to an aromatic ring is 1. The Morgan fingerprint density at radius 3 is 2.59 bits per heavy atom. The minimum Gasteiger partial charge on any atom is -0.490 e. The second kappa shape index (κ2) is 5.92. The van der Waals surface area contributed by atoms with Gasteiger partial charge in [-0.1, -0.05) is 25.4 Å². The highest BCUT2D eigenvalue weighted by atomic mass is 35.5. The first kappa shape index (κ1) is 13.8. The average molecular weight is 255 g/mol. The Labute approximate surface area is 107 Å².